The second-order valence-electron chi connectivity index (χ2n) is 6.56. The van der Waals surface area contributed by atoms with Gasteiger partial charge in [0, 0.05) is 26.2 Å². The summed E-state index contributed by atoms with van der Waals surface area (Å²) in [6, 6.07) is 0.269. The number of hydrogen-bond acceptors (Lipinski definition) is 3. The molecule has 1 fully saturated rings. The van der Waals surface area contributed by atoms with Gasteiger partial charge in [-0.2, -0.15) is 0 Å². The summed E-state index contributed by atoms with van der Waals surface area (Å²) in [5, 5.41) is 5.43. The summed E-state index contributed by atoms with van der Waals surface area (Å²) in [5.41, 5.74) is -0.505. The summed E-state index contributed by atoms with van der Waals surface area (Å²) < 4.78 is 5.11. The van der Waals surface area contributed by atoms with Crippen molar-refractivity contribution in [3.8, 4) is 0 Å². The first kappa shape index (κ1) is 17.6. The van der Waals surface area contributed by atoms with Gasteiger partial charge in [-0.15, -0.1) is 0 Å². The second-order valence-corrected chi connectivity index (χ2v) is 6.56. The van der Waals surface area contributed by atoms with Crippen LogP contribution in [0.2, 0.25) is 0 Å². The maximum atomic E-state index is 12.0. The fourth-order valence-electron chi connectivity index (χ4n) is 2.41. The third-order valence-electron chi connectivity index (χ3n) is 3.51. The highest BCUT2D eigenvalue weighted by molar-refractivity contribution is 5.74. The molecule has 1 rings (SSSR count). The lowest BCUT2D eigenvalue weighted by molar-refractivity contribution is 0.0528. The number of amides is 3. The predicted octanol–water partition coefficient (Wildman–Crippen LogP) is 2.49. The topological polar surface area (TPSA) is 70.7 Å². The van der Waals surface area contributed by atoms with E-state index >= 15 is 0 Å². The van der Waals surface area contributed by atoms with Crippen molar-refractivity contribution in [1.82, 2.24) is 15.5 Å². The molecule has 1 aliphatic carbocycles. The Kier molecular flexibility index (Phi) is 6.78. The fourth-order valence-corrected chi connectivity index (χ4v) is 2.41. The standard InChI is InChI=1S/C15H29N3O3/c1-15(2,3)21-14(20)17-11-10-16-13(19)18(4)12-8-6-5-7-9-12/h12H,5-11H2,1-4H3,(H,16,19)(H,17,20). The molecule has 0 saturated heterocycles. The molecule has 0 unspecified atom stereocenters. The molecule has 0 aromatic carbocycles. The zero-order valence-electron chi connectivity index (χ0n) is 13.7. The van der Waals surface area contributed by atoms with E-state index in [1.807, 2.05) is 27.8 Å². The summed E-state index contributed by atoms with van der Waals surface area (Å²) in [6.07, 6.45) is 5.37. The van der Waals surface area contributed by atoms with Crippen LogP contribution in [0.3, 0.4) is 0 Å². The van der Waals surface area contributed by atoms with Gasteiger partial charge < -0.3 is 20.3 Å². The summed E-state index contributed by atoms with van der Waals surface area (Å²) >= 11 is 0. The zero-order chi connectivity index (χ0) is 15.9. The van der Waals surface area contributed by atoms with Crippen molar-refractivity contribution in [2.45, 2.75) is 64.5 Å². The predicted molar refractivity (Wildman–Crippen MR) is 82.3 cm³/mol. The van der Waals surface area contributed by atoms with E-state index in [0.29, 0.717) is 19.1 Å². The van der Waals surface area contributed by atoms with Crippen LogP contribution in [0.1, 0.15) is 52.9 Å². The molecule has 6 nitrogen and oxygen atoms in total. The number of nitrogens with one attached hydrogen (secondary N) is 2. The van der Waals surface area contributed by atoms with Crippen molar-refractivity contribution in [3.05, 3.63) is 0 Å². The fraction of sp³-hybridized carbons (Fsp3) is 0.867. The molecule has 0 heterocycles. The monoisotopic (exact) mass is 299 g/mol. The lowest BCUT2D eigenvalue weighted by Crippen LogP contribution is -2.46. The Morgan fingerprint density at radius 2 is 1.67 bits per heavy atom. The van der Waals surface area contributed by atoms with E-state index in [4.69, 9.17) is 4.74 Å². The average Bonchev–Trinajstić information content (AvgIpc) is 2.41. The van der Waals surface area contributed by atoms with E-state index in [9.17, 15) is 9.59 Å². The van der Waals surface area contributed by atoms with Crippen LogP contribution >= 0.6 is 0 Å². The Bertz CT molecular complexity index is 347. The molecule has 2 N–H and O–H groups in total. The number of nitrogens with zero attached hydrogens (tertiary/aromatic N) is 1. The molecule has 0 aromatic heterocycles. The minimum atomic E-state index is -0.505. The molecule has 6 heteroatoms. The molecule has 1 saturated carbocycles. The van der Waals surface area contributed by atoms with Gasteiger partial charge in [-0.05, 0) is 33.6 Å². The molecule has 122 valence electrons. The Morgan fingerprint density at radius 3 is 2.24 bits per heavy atom. The molecular formula is C15H29N3O3. The first-order valence-electron chi connectivity index (χ1n) is 7.77. The summed E-state index contributed by atoms with van der Waals surface area (Å²) in [6.45, 7) is 6.20. The van der Waals surface area contributed by atoms with Crippen LogP contribution in [0, 0.1) is 0 Å². The van der Waals surface area contributed by atoms with Crippen LogP contribution in [0.5, 0.6) is 0 Å². The van der Waals surface area contributed by atoms with Gasteiger partial charge in [-0.3, -0.25) is 0 Å². The van der Waals surface area contributed by atoms with E-state index in [2.05, 4.69) is 10.6 Å². The minimum absolute atomic E-state index is 0.0760. The highest BCUT2D eigenvalue weighted by Crippen LogP contribution is 2.21. The summed E-state index contributed by atoms with van der Waals surface area (Å²) in [4.78, 5) is 25.2. The molecule has 0 spiro atoms. The van der Waals surface area contributed by atoms with Gasteiger partial charge in [0.25, 0.3) is 0 Å². The van der Waals surface area contributed by atoms with Crippen molar-refractivity contribution in [2.75, 3.05) is 20.1 Å². The summed E-state index contributed by atoms with van der Waals surface area (Å²) in [5.74, 6) is 0. The molecule has 21 heavy (non-hydrogen) atoms. The number of urea groups is 1. The van der Waals surface area contributed by atoms with Crippen LogP contribution in [-0.4, -0.2) is 48.8 Å². The molecule has 0 atom stereocenters. The van der Waals surface area contributed by atoms with Gasteiger partial charge in [0.1, 0.15) is 5.60 Å². The minimum Gasteiger partial charge on any atom is -0.444 e. The molecule has 0 aromatic rings. The van der Waals surface area contributed by atoms with E-state index in [1.54, 1.807) is 4.90 Å². The lowest BCUT2D eigenvalue weighted by Gasteiger charge is -2.31. The maximum Gasteiger partial charge on any atom is 0.407 e. The van der Waals surface area contributed by atoms with Crippen molar-refractivity contribution < 1.29 is 14.3 Å². The van der Waals surface area contributed by atoms with Crippen LogP contribution in [-0.2, 0) is 4.74 Å². The van der Waals surface area contributed by atoms with Crippen LogP contribution in [0.4, 0.5) is 9.59 Å². The molecular weight excluding hydrogens is 270 g/mol. The Labute approximate surface area is 127 Å². The van der Waals surface area contributed by atoms with Crippen LogP contribution < -0.4 is 10.6 Å². The average molecular weight is 299 g/mol. The Morgan fingerprint density at radius 1 is 1.10 bits per heavy atom. The van der Waals surface area contributed by atoms with E-state index in [0.717, 1.165) is 12.8 Å². The van der Waals surface area contributed by atoms with Gasteiger partial charge in [-0.25, -0.2) is 9.59 Å². The number of carbonyl (C=O) groups is 2. The van der Waals surface area contributed by atoms with Gasteiger partial charge in [0.2, 0.25) is 0 Å². The molecule has 1 aliphatic rings. The van der Waals surface area contributed by atoms with Crippen molar-refractivity contribution in [3.63, 3.8) is 0 Å². The number of ether oxygens (including phenoxy) is 1. The highest BCUT2D eigenvalue weighted by atomic mass is 16.6. The molecule has 0 radical (unpaired) electrons. The number of carbonyl (C=O) groups excluding carboxylic acids is 2. The Hall–Kier alpha value is -1.46. The largest absolute Gasteiger partial charge is 0.444 e. The maximum absolute atomic E-state index is 12.0. The normalized spacial score (nSPS) is 16.2. The van der Waals surface area contributed by atoms with Gasteiger partial charge in [0.05, 0.1) is 0 Å². The van der Waals surface area contributed by atoms with Crippen molar-refractivity contribution >= 4 is 12.1 Å². The molecule has 3 amide bonds. The van der Waals surface area contributed by atoms with Gasteiger partial charge in [-0.1, -0.05) is 19.3 Å². The third-order valence-corrected chi connectivity index (χ3v) is 3.51. The van der Waals surface area contributed by atoms with Crippen LogP contribution in [0.15, 0.2) is 0 Å². The third kappa shape index (κ3) is 7.20. The first-order valence-corrected chi connectivity index (χ1v) is 7.77. The number of alkyl carbamates (subject to hydrolysis) is 1. The molecule has 0 aliphatic heterocycles. The zero-order valence-corrected chi connectivity index (χ0v) is 13.7. The lowest BCUT2D eigenvalue weighted by atomic mass is 9.95. The first-order chi connectivity index (χ1) is 9.79. The van der Waals surface area contributed by atoms with E-state index < -0.39 is 11.7 Å². The quantitative estimate of drug-likeness (QED) is 0.783. The molecule has 0 bridgehead atoms. The number of hydrogen-bond donors (Lipinski definition) is 2. The smallest absolute Gasteiger partial charge is 0.407 e. The van der Waals surface area contributed by atoms with Crippen molar-refractivity contribution in [2.24, 2.45) is 0 Å². The Balaban J connectivity index is 2.16. The van der Waals surface area contributed by atoms with E-state index in [-0.39, 0.29) is 6.03 Å². The highest BCUT2D eigenvalue weighted by Gasteiger charge is 2.21. The van der Waals surface area contributed by atoms with Crippen LogP contribution in [0.25, 0.3) is 0 Å². The summed E-state index contributed by atoms with van der Waals surface area (Å²) in [7, 11) is 1.84. The van der Waals surface area contributed by atoms with Gasteiger partial charge in [0.15, 0.2) is 0 Å². The second kappa shape index (κ2) is 8.10. The van der Waals surface area contributed by atoms with E-state index in [1.165, 1.54) is 19.3 Å². The SMILES string of the molecule is CN(C(=O)NCCNC(=O)OC(C)(C)C)C1CCCCC1. The van der Waals surface area contributed by atoms with Crippen molar-refractivity contribution in [1.29, 1.82) is 0 Å². The van der Waals surface area contributed by atoms with Gasteiger partial charge >= 0.3 is 12.1 Å². The number of rotatable bonds is 4.